The third-order valence-electron chi connectivity index (χ3n) is 3.35. The van der Waals surface area contributed by atoms with Gasteiger partial charge in [0.1, 0.15) is 9.75 Å². The molecule has 1 aromatic rings. The summed E-state index contributed by atoms with van der Waals surface area (Å²) in [6, 6.07) is 3.69. The second-order valence-electron chi connectivity index (χ2n) is 4.88. The number of hydrogen-bond acceptors (Lipinski definition) is 4. The molecule has 1 saturated carbocycles. The van der Waals surface area contributed by atoms with Gasteiger partial charge in [0.05, 0.1) is 10.4 Å². The van der Waals surface area contributed by atoms with Crippen molar-refractivity contribution in [1.29, 1.82) is 5.26 Å². The van der Waals surface area contributed by atoms with Crippen molar-refractivity contribution in [3.63, 3.8) is 0 Å². The number of halogens is 1. The molecule has 0 atom stereocenters. The molecule has 7 heteroatoms. The van der Waals surface area contributed by atoms with Gasteiger partial charge in [-0.15, -0.1) is 11.3 Å². The second-order valence-corrected chi connectivity index (χ2v) is 8.45. The van der Waals surface area contributed by atoms with Crippen molar-refractivity contribution in [3.8, 4) is 6.07 Å². The van der Waals surface area contributed by atoms with Gasteiger partial charge >= 0.3 is 0 Å². The zero-order valence-corrected chi connectivity index (χ0v) is 13.0. The summed E-state index contributed by atoms with van der Waals surface area (Å²) in [5, 5.41) is 9.31. The molecule has 1 heterocycles. The molecule has 1 aliphatic rings. The van der Waals surface area contributed by atoms with E-state index in [0.29, 0.717) is 17.2 Å². The van der Waals surface area contributed by atoms with Crippen LogP contribution in [0.4, 0.5) is 0 Å². The predicted molar refractivity (Wildman–Crippen MR) is 75.8 cm³/mol. The summed E-state index contributed by atoms with van der Waals surface area (Å²) in [6.07, 6.45) is 3.94. The summed E-state index contributed by atoms with van der Waals surface area (Å²) in [4.78, 5) is 0. The smallest absolute Gasteiger partial charge is 0.206 e. The van der Waals surface area contributed by atoms with Gasteiger partial charge in [0.2, 0.25) is 0 Å². The van der Waals surface area contributed by atoms with Crippen LogP contribution in [0, 0.1) is 18.3 Å². The normalized spacial score (nSPS) is 19.0. The molecule has 0 unspecified atom stereocenters. The predicted octanol–water partition coefficient (Wildman–Crippen LogP) is 3.21. The minimum Gasteiger partial charge on any atom is -0.206 e. The number of hydrogen-bond donors (Lipinski definition) is 1. The quantitative estimate of drug-likeness (QED) is 0.930. The van der Waals surface area contributed by atoms with Crippen LogP contribution in [0.25, 0.3) is 0 Å². The molecule has 0 radical (unpaired) electrons. The van der Waals surface area contributed by atoms with Crippen LogP contribution in [0.2, 0.25) is 4.34 Å². The summed E-state index contributed by atoms with van der Waals surface area (Å²) in [5.41, 5.74) is -0.219. The molecule has 4 nitrogen and oxygen atoms in total. The van der Waals surface area contributed by atoms with E-state index in [4.69, 9.17) is 11.6 Å². The first-order valence-electron chi connectivity index (χ1n) is 6.10. The highest BCUT2D eigenvalue weighted by Crippen LogP contribution is 2.33. The highest BCUT2D eigenvalue weighted by atomic mass is 35.5. The van der Waals surface area contributed by atoms with Gasteiger partial charge in [-0.3, -0.25) is 0 Å². The molecule has 0 amide bonds. The van der Waals surface area contributed by atoms with Gasteiger partial charge < -0.3 is 0 Å². The van der Waals surface area contributed by atoms with Crippen molar-refractivity contribution in [2.75, 3.05) is 0 Å². The fraction of sp³-hybridized carbons (Fsp3) is 0.583. The Balaban J connectivity index is 2.28. The molecule has 19 heavy (non-hydrogen) atoms. The minimum atomic E-state index is -3.67. The number of nitriles is 1. The monoisotopic (exact) mass is 318 g/mol. The van der Waals surface area contributed by atoms with E-state index in [1.165, 1.54) is 0 Å². The summed E-state index contributed by atoms with van der Waals surface area (Å²) in [5.74, 6) is 0. The van der Waals surface area contributed by atoms with Crippen LogP contribution in [-0.2, 0) is 10.0 Å². The van der Waals surface area contributed by atoms with E-state index < -0.39 is 15.6 Å². The van der Waals surface area contributed by atoms with Gasteiger partial charge in [0, 0.05) is 0 Å². The third kappa shape index (κ3) is 3.11. The maximum absolute atomic E-state index is 12.3. The van der Waals surface area contributed by atoms with E-state index >= 15 is 0 Å². The molecular weight excluding hydrogens is 304 g/mol. The maximum Gasteiger partial charge on any atom is 0.251 e. The Bertz CT molecular complexity index is 591. The average molecular weight is 319 g/mol. The SMILES string of the molecule is Cc1cc(S(=O)(=O)NC2(C#N)CCCCC2)sc1Cl. The van der Waals surface area contributed by atoms with Gasteiger partial charge in [-0.25, -0.2) is 8.42 Å². The molecular formula is C12H15ClN2O2S2. The first-order valence-corrected chi connectivity index (χ1v) is 8.77. The average Bonchev–Trinajstić information content (AvgIpc) is 2.71. The number of rotatable bonds is 3. The van der Waals surface area contributed by atoms with Crippen molar-refractivity contribution >= 4 is 33.0 Å². The zero-order valence-electron chi connectivity index (χ0n) is 10.6. The van der Waals surface area contributed by atoms with Crippen molar-refractivity contribution in [2.45, 2.75) is 48.8 Å². The summed E-state index contributed by atoms with van der Waals surface area (Å²) >= 11 is 6.93. The van der Waals surface area contributed by atoms with Crippen molar-refractivity contribution in [2.24, 2.45) is 0 Å². The Labute approximate surface area is 122 Å². The van der Waals surface area contributed by atoms with Crippen LogP contribution in [-0.4, -0.2) is 14.0 Å². The van der Waals surface area contributed by atoms with E-state index in [-0.39, 0.29) is 4.21 Å². The van der Waals surface area contributed by atoms with Crippen molar-refractivity contribution in [3.05, 3.63) is 16.0 Å². The number of nitrogens with one attached hydrogen (secondary N) is 1. The van der Waals surface area contributed by atoms with Crippen LogP contribution in [0.5, 0.6) is 0 Å². The van der Waals surface area contributed by atoms with E-state index in [2.05, 4.69) is 10.8 Å². The fourth-order valence-electron chi connectivity index (χ4n) is 2.26. The second kappa shape index (κ2) is 5.41. The van der Waals surface area contributed by atoms with E-state index in [0.717, 1.165) is 36.2 Å². The van der Waals surface area contributed by atoms with Gasteiger partial charge in [0.15, 0.2) is 0 Å². The van der Waals surface area contributed by atoms with Crippen LogP contribution >= 0.6 is 22.9 Å². The van der Waals surface area contributed by atoms with E-state index in [1.807, 2.05) is 0 Å². The molecule has 1 aliphatic carbocycles. The lowest BCUT2D eigenvalue weighted by Gasteiger charge is -2.30. The molecule has 0 spiro atoms. The number of aryl methyl sites for hydroxylation is 1. The largest absolute Gasteiger partial charge is 0.251 e. The third-order valence-corrected chi connectivity index (χ3v) is 6.92. The molecule has 0 aliphatic heterocycles. The summed E-state index contributed by atoms with van der Waals surface area (Å²) in [7, 11) is -3.67. The topological polar surface area (TPSA) is 70.0 Å². The van der Waals surface area contributed by atoms with Crippen LogP contribution in [0.3, 0.4) is 0 Å². The van der Waals surface area contributed by atoms with Crippen LogP contribution < -0.4 is 4.72 Å². The highest BCUT2D eigenvalue weighted by Gasteiger charge is 2.37. The Morgan fingerprint density at radius 2 is 2.05 bits per heavy atom. The minimum absolute atomic E-state index is 0.176. The highest BCUT2D eigenvalue weighted by molar-refractivity contribution is 7.91. The summed E-state index contributed by atoms with van der Waals surface area (Å²) in [6.45, 7) is 1.76. The Kier molecular flexibility index (Phi) is 4.21. The van der Waals surface area contributed by atoms with Gasteiger partial charge in [-0.05, 0) is 31.4 Å². The van der Waals surface area contributed by atoms with E-state index in [9.17, 15) is 13.7 Å². The van der Waals surface area contributed by atoms with Gasteiger partial charge in [-0.2, -0.15) is 9.98 Å². The molecule has 0 bridgehead atoms. The van der Waals surface area contributed by atoms with Crippen molar-refractivity contribution in [1.82, 2.24) is 4.72 Å². The Morgan fingerprint density at radius 3 is 2.53 bits per heavy atom. The summed E-state index contributed by atoms with van der Waals surface area (Å²) < 4.78 is 27.9. The molecule has 2 rings (SSSR count). The van der Waals surface area contributed by atoms with Crippen LogP contribution in [0.15, 0.2) is 10.3 Å². The molecule has 104 valence electrons. The fourth-order valence-corrected chi connectivity index (χ4v) is 5.35. The Hall–Kier alpha value is -0.610. The first kappa shape index (κ1) is 14.8. The van der Waals surface area contributed by atoms with E-state index in [1.54, 1.807) is 13.0 Å². The lowest BCUT2D eigenvalue weighted by atomic mass is 9.84. The maximum atomic E-state index is 12.3. The lowest BCUT2D eigenvalue weighted by Crippen LogP contribution is -2.48. The number of thiophene rings is 1. The lowest BCUT2D eigenvalue weighted by molar-refractivity contribution is 0.338. The number of sulfonamides is 1. The molecule has 0 aromatic carbocycles. The zero-order chi connectivity index (χ0) is 14.1. The van der Waals surface area contributed by atoms with Gasteiger partial charge in [0.25, 0.3) is 10.0 Å². The first-order chi connectivity index (χ1) is 8.88. The van der Waals surface area contributed by atoms with Crippen LogP contribution in [0.1, 0.15) is 37.7 Å². The number of nitrogens with zero attached hydrogens (tertiary/aromatic N) is 1. The molecule has 1 aromatic heterocycles. The Morgan fingerprint density at radius 1 is 1.42 bits per heavy atom. The standard InChI is InChI=1S/C12H15ClN2O2S2/c1-9-7-10(18-11(9)13)19(16,17)15-12(8-14)5-3-2-4-6-12/h7,15H,2-6H2,1H3. The van der Waals surface area contributed by atoms with Gasteiger partial charge in [-0.1, -0.05) is 30.9 Å². The molecule has 1 fully saturated rings. The van der Waals surface area contributed by atoms with Crippen molar-refractivity contribution < 1.29 is 8.42 Å². The molecule has 0 saturated heterocycles. The molecule has 1 N–H and O–H groups in total.